The topological polar surface area (TPSA) is 40.7 Å². The Morgan fingerprint density at radius 2 is 1.93 bits per heavy atom. The summed E-state index contributed by atoms with van der Waals surface area (Å²) in [4.78, 5) is 8.40. The average Bonchev–Trinajstić information content (AvgIpc) is 3.32. The number of rotatable bonds is 4. The number of hydrogen-bond donors (Lipinski definition) is 2. The summed E-state index contributed by atoms with van der Waals surface area (Å²) >= 11 is 3.38. The van der Waals surface area contributed by atoms with Crippen molar-refractivity contribution < 1.29 is 0 Å². The number of H-pyrrole nitrogens is 1. The largest absolute Gasteiger partial charge is 0.358 e. The van der Waals surface area contributed by atoms with Gasteiger partial charge in [0.1, 0.15) is 0 Å². The Kier molecular flexibility index (Phi) is 4.11. The maximum Gasteiger partial charge on any atom is 0.0807 e. The molecule has 0 saturated heterocycles. The second-order valence-electron chi connectivity index (χ2n) is 6.41. The molecule has 0 radical (unpaired) electrons. The van der Waals surface area contributed by atoms with Crippen LogP contribution >= 0.6 is 23.3 Å². The molecule has 0 amide bonds. The van der Waals surface area contributed by atoms with Gasteiger partial charge < -0.3 is 9.71 Å². The van der Waals surface area contributed by atoms with Crippen molar-refractivity contribution in [3.8, 4) is 11.3 Å². The van der Waals surface area contributed by atoms with Gasteiger partial charge in [-0.25, -0.2) is 4.98 Å². The van der Waals surface area contributed by atoms with Crippen LogP contribution in [-0.2, 0) is 0 Å². The normalized spacial score (nSPS) is 11.3. The molecule has 3 aromatic heterocycles. The van der Waals surface area contributed by atoms with Gasteiger partial charge in [0.25, 0.3) is 0 Å². The Labute approximate surface area is 165 Å². The lowest BCUT2D eigenvalue weighted by Gasteiger charge is -2.06. The molecule has 5 aromatic rings. The Morgan fingerprint density at radius 3 is 2.81 bits per heavy atom. The van der Waals surface area contributed by atoms with E-state index >= 15 is 0 Å². The second-order valence-corrected chi connectivity index (χ2v) is 8.46. The molecule has 5 heteroatoms. The van der Waals surface area contributed by atoms with Crippen molar-refractivity contribution in [2.75, 3.05) is 4.72 Å². The van der Waals surface area contributed by atoms with E-state index in [-0.39, 0.29) is 0 Å². The summed E-state index contributed by atoms with van der Waals surface area (Å²) in [6, 6.07) is 23.1. The molecule has 132 valence electrons. The van der Waals surface area contributed by atoms with Gasteiger partial charge in [0.2, 0.25) is 0 Å². The van der Waals surface area contributed by atoms with Gasteiger partial charge in [0, 0.05) is 33.2 Å². The van der Waals surface area contributed by atoms with Crippen molar-refractivity contribution in [2.24, 2.45) is 0 Å². The molecule has 5 rings (SSSR count). The van der Waals surface area contributed by atoms with Crippen LogP contribution in [0.15, 0.2) is 76.3 Å². The van der Waals surface area contributed by atoms with Crippen molar-refractivity contribution in [1.82, 2.24) is 9.97 Å². The fraction of sp³-hybridized carbons (Fsp3) is 0.0455. The number of fused-ring (bicyclic) bond motifs is 2. The zero-order valence-electron chi connectivity index (χ0n) is 14.7. The zero-order valence-corrected chi connectivity index (χ0v) is 16.3. The van der Waals surface area contributed by atoms with E-state index in [2.05, 4.69) is 76.6 Å². The van der Waals surface area contributed by atoms with Gasteiger partial charge in [-0.1, -0.05) is 30.3 Å². The molecule has 0 spiro atoms. The minimum absolute atomic E-state index is 1.00. The number of anilines is 1. The summed E-state index contributed by atoms with van der Waals surface area (Å²) in [5.74, 6) is 0. The molecule has 3 nitrogen and oxygen atoms in total. The van der Waals surface area contributed by atoms with Crippen LogP contribution in [0.25, 0.3) is 33.1 Å². The first-order valence-corrected chi connectivity index (χ1v) is 10.4. The maximum absolute atomic E-state index is 4.90. The lowest BCUT2D eigenvalue weighted by atomic mass is 10.1. The zero-order chi connectivity index (χ0) is 18.2. The number of benzene rings is 2. The smallest absolute Gasteiger partial charge is 0.0807 e. The minimum Gasteiger partial charge on any atom is -0.358 e. The molecule has 0 fully saturated rings. The molecule has 0 unspecified atom stereocenters. The van der Waals surface area contributed by atoms with Crippen molar-refractivity contribution in [2.45, 2.75) is 11.1 Å². The highest BCUT2D eigenvalue weighted by Crippen LogP contribution is 2.35. The summed E-state index contributed by atoms with van der Waals surface area (Å²) in [5, 5.41) is 4.44. The first-order valence-electron chi connectivity index (χ1n) is 8.73. The number of para-hydroxylation sites is 1. The van der Waals surface area contributed by atoms with E-state index in [4.69, 9.17) is 4.98 Å². The SMILES string of the molecule is Cc1[nH]c2ccc(NSc3cccs3)cc2c1-c1ccc2ccccc2n1. The third-order valence-electron chi connectivity index (χ3n) is 4.61. The van der Waals surface area contributed by atoms with E-state index in [1.807, 2.05) is 12.1 Å². The summed E-state index contributed by atoms with van der Waals surface area (Å²) in [6.45, 7) is 2.11. The van der Waals surface area contributed by atoms with E-state index in [9.17, 15) is 0 Å². The number of hydrogen-bond acceptors (Lipinski definition) is 4. The third-order valence-corrected chi connectivity index (χ3v) is 6.48. The molecule has 0 aliphatic rings. The van der Waals surface area contributed by atoms with Gasteiger partial charge in [-0.2, -0.15) is 0 Å². The van der Waals surface area contributed by atoms with Crippen molar-refractivity contribution >= 4 is 50.8 Å². The van der Waals surface area contributed by atoms with E-state index in [0.717, 1.165) is 33.5 Å². The van der Waals surface area contributed by atoms with Crippen molar-refractivity contribution in [1.29, 1.82) is 0 Å². The Balaban J connectivity index is 1.57. The van der Waals surface area contributed by atoms with Crippen molar-refractivity contribution in [3.05, 3.63) is 77.8 Å². The first-order chi connectivity index (χ1) is 13.3. The van der Waals surface area contributed by atoms with E-state index in [1.54, 1.807) is 23.3 Å². The second kappa shape index (κ2) is 6.76. The first kappa shape index (κ1) is 16.4. The summed E-state index contributed by atoms with van der Waals surface area (Å²) < 4.78 is 4.70. The molecule has 3 heterocycles. The molecule has 0 aliphatic heterocycles. The fourth-order valence-corrected chi connectivity index (χ4v) is 4.78. The Bertz CT molecular complexity index is 1240. The predicted molar refractivity (Wildman–Crippen MR) is 118 cm³/mol. The minimum atomic E-state index is 1.00. The van der Waals surface area contributed by atoms with E-state index in [0.29, 0.717) is 0 Å². The van der Waals surface area contributed by atoms with Gasteiger partial charge >= 0.3 is 0 Å². The molecule has 0 bridgehead atoms. The molecule has 0 aliphatic carbocycles. The highest BCUT2D eigenvalue weighted by molar-refractivity contribution is 8.02. The lowest BCUT2D eigenvalue weighted by Crippen LogP contribution is -1.87. The van der Waals surface area contributed by atoms with E-state index in [1.165, 1.54) is 15.2 Å². The highest BCUT2D eigenvalue weighted by Gasteiger charge is 2.13. The highest BCUT2D eigenvalue weighted by atomic mass is 32.2. The average molecular weight is 388 g/mol. The van der Waals surface area contributed by atoms with Crippen LogP contribution < -0.4 is 4.72 Å². The standard InChI is InChI=1S/C22H17N3S2/c1-14-22(20-10-8-15-5-2-3-6-18(15)24-20)17-13-16(9-11-19(17)23-14)25-27-21-7-4-12-26-21/h2-13,23,25H,1H3. The van der Waals surface area contributed by atoms with Gasteiger partial charge in [-0.15, -0.1) is 11.3 Å². The van der Waals surface area contributed by atoms with Crippen LogP contribution in [0.5, 0.6) is 0 Å². The predicted octanol–water partition coefficient (Wildman–Crippen LogP) is 6.87. The van der Waals surface area contributed by atoms with Gasteiger partial charge in [0.15, 0.2) is 0 Å². The molecule has 0 atom stereocenters. The summed E-state index contributed by atoms with van der Waals surface area (Å²) in [6.07, 6.45) is 0. The van der Waals surface area contributed by atoms with Crippen LogP contribution in [-0.4, -0.2) is 9.97 Å². The third kappa shape index (κ3) is 3.09. The molecular weight excluding hydrogens is 370 g/mol. The number of nitrogens with one attached hydrogen (secondary N) is 2. The van der Waals surface area contributed by atoms with Crippen LogP contribution in [0.1, 0.15) is 5.69 Å². The number of nitrogens with zero attached hydrogens (tertiary/aromatic N) is 1. The number of aryl methyl sites for hydroxylation is 1. The van der Waals surface area contributed by atoms with Crippen LogP contribution in [0, 0.1) is 6.92 Å². The maximum atomic E-state index is 4.90. The van der Waals surface area contributed by atoms with Crippen LogP contribution in [0.2, 0.25) is 0 Å². The van der Waals surface area contributed by atoms with Crippen LogP contribution in [0.4, 0.5) is 5.69 Å². The van der Waals surface area contributed by atoms with Crippen molar-refractivity contribution in [3.63, 3.8) is 0 Å². The summed E-state index contributed by atoms with van der Waals surface area (Å²) in [5.41, 5.74) is 6.54. The fourth-order valence-electron chi connectivity index (χ4n) is 3.36. The molecular formula is C22H17N3S2. The van der Waals surface area contributed by atoms with Gasteiger partial charge in [-0.3, -0.25) is 0 Å². The van der Waals surface area contributed by atoms with Crippen LogP contribution in [0.3, 0.4) is 0 Å². The monoisotopic (exact) mass is 387 g/mol. The van der Waals surface area contributed by atoms with Gasteiger partial charge in [0.05, 0.1) is 15.4 Å². The number of pyridine rings is 1. The Morgan fingerprint density at radius 1 is 1.00 bits per heavy atom. The van der Waals surface area contributed by atoms with Gasteiger partial charge in [-0.05, 0) is 60.6 Å². The lowest BCUT2D eigenvalue weighted by molar-refractivity contribution is 1.28. The molecule has 2 N–H and O–H groups in total. The van der Waals surface area contributed by atoms with E-state index < -0.39 is 0 Å². The molecule has 2 aromatic carbocycles. The quantitative estimate of drug-likeness (QED) is 0.331. The number of thiophene rings is 1. The number of aromatic nitrogens is 2. The molecule has 0 saturated carbocycles. The molecule has 27 heavy (non-hydrogen) atoms. The number of aromatic amines is 1. The Hall–Kier alpha value is -2.76. The summed E-state index contributed by atoms with van der Waals surface area (Å²) in [7, 11) is 0.